The second-order valence-electron chi connectivity index (χ2n) is 5.46. The molecule has 0 N–H and O–H groups in total. The average molecular weight is 314 g/mol. The molecule has 1 fully saturated rings. The van der Waals surface area contributed by atoms with E-state index >= 15 is 0 Å². The molecule has 0 aromatic heterocycles. The number of carbonyl (C=O) groups excluding carboxylic acids is 1. The highest BCUT2D eigenvalue weighted by Crippen LogP contribution is 2.23. The van der Waals surface area contributed by atoms with E-state index in [0.29, 0.717) is 18.8 Å². The van der Waals surface area contributed by atoms with E-state index in [2.05, 4.69) is 17.0 Å². The van der Waals surface area contributed by atoms with Crippen molar-refractivity contribution in [2.45, 2.75) is 0 Å². The normalized spacial score (nSPS) is 14.7. The van der Waals surface area contributed by atoms with Crippen molar-refractivity contribution < 1.29 is 13.9 Å². The summed E-state index contributed by atoms with van der Waals surface area (Å²) in [5.41, 5.74) is 1.43. The summed E-state index contributed by atoms with van der Waals surface area (Å²) in [6.07, 6.45) is 0. The fourth-order valence-corrected chi connectivity index (χ4v) is 2.82. The molecule has 1 heterocycles. The number of nitrogens with zero attached hydrogens (tertiary/aromatic N) is 2. The van der Waals surface area contributed by atoms with E-state index in [0.717, 1.165) is 18.8 Å². The predicted octanol–water partition coefficient (Wildman–Crippen LogP) is 2.80. The van der Waals surface area contributed by atoms with Gasteiger partial charge in [0.25, 0.3) is 5.91 Å². The van der Waals surface area contributed by atoms with Gasteiger partial charge >= 0.3 is 0 Å². The molecule has 0 atom stereocenters. The van der Waals surface area contributed by atoms with Gasteiger partial charge in [-0.1, -0.05) is 18.2 Å². The number of carbonyl (C=O) groups is 1. The van der Waals surface area contributed by atoms with Gasteiger partial charge in [-0.25, -0.2) is 4.39 Å². The van der Waals surface area contributed by atoms with Crippen LogP contribution in [0.3, 0.4) is 0 Å². The molecule has 23 heavy (non-hydrogen) atoms. The lowest BCUT2D eigenvalue weighted by molar-refractivity contribution is 0.0743. The molecule has 0 saturated carbocycles. The van der Waals surface area contributed by atoms with Crippen molar-refractivity contribution in [2.24, 2.45) is 0 Å². The minimum atomic E-state index is -0.433. The molecule has 1 amide bonds. The third-order valence-corrected chi connectivity index (χ3v) is 4.08. The molecule has 0 radical (unpaired) electrons. The summed E-state index contributed by atoms with van der Waals surface area (Å²) in [7, 11) is 1.48. The van der Waals surface area contributed by atoms with E-state index in [1.165, 1.54) is 25.3 Å². The Morgan fingerprint density at radius 1 is 1.04 bits per heavy atom. The summed E-state index contributed by atoms with van der Waals surface area (Å²) < 4.78 is 18.6. The number of ether oxygens (including phenoxy) is 1. The number of halogens is 1. The predicted molar refractivity (Wildman–Crippen MR) is 87.5 cm³/mol. The van der Waals surface area contributed by atoms with Crippen molar-refractivity contribution in [3.05, 3.63) is 59.9 Å². The zero-order valence-corrected chi connectivity index (χ0v) is 13.0. The smallest absolute Gasteiger partial charge is 0.257 e. The van der Waals surface area contributed by atoms with Gasteiger partial charge < -0.3 is 14.5 Å². The van der Waals surface area contributed by atoms with E-state index in [-0.39, 0.29) is 11.5 Å². The van der Waals surface area contributed by atoms with Crippen molar-refractivity contribution in [2.75, 3.05) is 38.2 Å². The standard InChI is InChI=1S/C18H19FN2O2/c1-23-17-8-7-14(19)13-16(17)18(22)21-11-9-20(10-12-21)15-5-3-2-4-6-15/h2-8,13H,9-12H2,1H3. The number of para-hydroxylation sites is 1. The Morgan fingerprint density at radius 3 is 2.39 bits per heavy atom. The first kappa shape index (κ1) is 15.3. The van der Waals surface area contributed by atoms with E-state index in [1.807, 2.05) is 18.2 Å². The van der Waals surface area contributed by atoms with Gasteiger partial charge in [0.1, 0.15) is 11.6 Å². The highest BCUT2D eigenvalue weighted by Gasteiger charge is 2.24. The molecule has 2 aromatic rings. The number of hydrogen-bond donors (Lipinski definition) is 0. The molecule has 3 rings (SSSR count). The number of anilines is 1. The average Bonchev–Trinajstić information content (AvgIpc) is 2.62. The number of rotatable bonds is 3. The summed E-state index contributed by atoms with van der Waals surface area (Å²) in [6.45, 7) is 2.72. The molecule has 1 aliphatic heterocycles. The van der Waals surface area contributed by atoms with Crippen LogP contribution in [0.1, 0.15) is 10.4 Å². The molecule has 0 unspecified atom stereocenters. The van der Waals surface area contributed by atoms with Crippen LogP contribution in [-0.2, 0) is 0 Å². The van der Waals surface area contributed by atoms with Crippen molar-refractivity contribution in [1.82, 2.24) is 4.90 Å². The number of hydrogen-bond acceptors (Lipinski definition) is 3. The molecule has 4 nitrogen and oxygen atoms in total. The van der Waals surface area contributed by atoms with Crippen LogP contribution in [0.2, 0.25) is 0 Å². The van der Waals surface area contributed by atoms with E-state index in [9.17, 15) is 9.18 Å². The maximum atomic E-state index is 13.5. The molecular weight excluding hydrogens is 295 g/mol. The molecule has 2 aromatic carbocycles. The first-order valence-electron chi connectivity index (χ1n) is 7.62. The Morgan fingerprint density at radius 2 is 1.74 bits per heavy atom. The van der Waals surface area contributed by atoms with Crippen LogP contribution >= 0.6 is 0 Å². The Bertz CT molecular complexity index is 683. The Hall–Kier alpha value is -2.56. The third-order valence-electron chi connectivity index (χ3n) is 4.08. The number of amides is 1. The lowest BCUT2D eigenvalue weighted by Crippen LogP contribution is -2.48. The van der Waals surface area contributed by atoms with Crippen LogP contribution in [0.5, 0.6) is 5.75 Å². The fraction of sp³-hybridized carbons (Fsp3) is 0.278. The molecule has 1 aliphatic rings. The van der Waals surface area contributed by atoms with Gasteiger partial charge in [-0.05, 0) is 30.3 Å². The van der Waals surface area contributed by atoms with Gasteiger partial charge in [-0.15, -0.1) is 0 Å². The topological polar surface area (TPSA) is 32.8 Å². The highest BCUT2D eigenvalue weighted by molar-refractivity contribution is 5.97. The largest absolute Gasteiger partial charge is 0.496 e. The molecule has 0 bridgehead atoms. The summed E-state index contributed by atoms with van der Waals surface area (Å²) in [6, 6.07) is 14.1. The monoisotopic (exact) mass is 314 g/mol. The van der Waals surface area contributed by atoms with E-state index in [1.54, 1.807) is 4.90 Å². The van der Waals surface area contributed by atoms with Crippen molar-refractivity contribution >= 4 is 11.6 Å². The Balaban J connectivity index is 1.70. The quantitative estimate of drug-likeness (QED) is 0.873. The van der Waals surface area contributed by atoms with Crippen LogP contribution in [0, 0.1) is 5.82 Å². The molecule has 1 saturated heterocycles. The maximum absolute atomic E-state index is 13.5. The third kappa shape index (κ3) is 3.28. The SMILES string of the molecule is COc1ccc(F)cc1C(=O)N1CCN(c2ccccc2)CC1. The Labute approximate surface area is 135 Å². The second kappa shape index (κ2) is 6.69. The van der Waals surface area contributed by atoms with Crippen molar-refractivity contribution in [3.8, 4) is 5.75 Å². The molecule has 120 valence electrons. The van der Waals surface area contributed by atoms with Gasteiger partial charge in [0.2, 0.25) is 0 Å². The van der Waals surface area contributed by atoms with Gasteiger partial charge in [0, 0.05) is 31.9 Å². The molecule has 0 aliphatic carbocycles. The lowest BCUT2D eigenvalue weighted by Gasteiger charge is -2.36. The summed E-state index contributed by atoms with van der Waals surface area (Å²) in [5, 5.41) is 0. The maximum Gasteiger partial charge on any atom is 0.257 e. The van der Waals surface area contributed by atoms with Crippen molar-refractivity contribution in [3.63, 3.8) is 0 Å². The van der Waals surface area contributed by atoms with Gasteiger partial charge in [0.15, 0.2) is 0 Å². The zero-order valence-electron chi connectivity index (χ0n) is 13.0. The minimum Gasteiger partial charge on any atom is -0.496 e. The van der Waals surface area contributed by atoms with Gasteiger partial charge in [-0.3, -0.25) is 4.79 Å². The van der Waals surface area contributed by atoms with Crippen LogP contribution < -0.4 is 9.64 Å². The Kier molecular flexibility index (Phi) is 4.46. The molecule has 0 spiro atoms. The second-order valence-corrected chi connectivity index (χ2v) is 5.46. The molecular formula is C18H19FN2O2. The van der Waals surface area contributed by atoms with Crippen LogP contribution in [0.25, 0.3) is 0 Å². The van der Waals surface area contributed by atoms with Crippen molar-refractivity contribution in [1.29, 1.82) is 0 Å². The minimum absolute atomic E-state index is 0.186. The summed E-state index contributed by atoms with van der Waals surface area (Å²) in [4.78, 5) is 16.6. The molecule has 5 heteroatoms. The fourth-order valence-electron chi connectivity index (χ4n) is 2.82. The number of piperazine rings is 1. The van der Waals surface area contributed by atoms with Gasteiger partial charge in [-0.2, -0.15) is 0 Å². The first-order chi connectivity index (χ1) is 11.2. The summed E-state index contributed by atoms with van der Waals surface area (Å²) in [5.74, 6) is -0.215. The number of benzene rings is 2. The summed E-state index contributed by atoms with van der Waals surface area (Å²) >= 11 is 0. The van der Waals surface area contributed by atoms with E-state index in [4.69, 9.17) is 4.74 Å². The number of methoxy groups -OCH3 is 1. The van der Waals surface area contributed by atoms with Crippen LogP contribution in [0.4, 0.5) is 10.1 Å². The van der Waals surface area contributed by atoms with Crippen LogP contribution in [-0.4, -0.2) is 44.1 Å². The highest BCUT2D eigenvalue weighted by atomic mass is 19.1. The first-order valence-corrected chi connectivity index (χ1v) is 7.62. The van der Waals surface area contributed by atoms with Crippen LogP contribution in [0.15, 0.2) is 48.5 Å². The lowest BCUT2D eigenvalue weighted by atomic mass is 10.1. The zero-order chi connectivity index (χ0) is 16.2. The van der Waals surface area contributed by atoms with E-state index < -0.39 is 5.82 Å². The van der Waals surface area contributed by atoms with Gasteiger partial charge in [0.05, 0.1) is 12.7 Å².